The fourth-order valence-corrected chi connectivity index (χ4v) is 1.53. The summed E-state index contributed by atoms with van der Waals surface area (Å²) in [5.74, 6) is 0. The summed E-state index contributed by atoms with van der Waals surface area (Å²) in [6.07, 6.45) is 5.63. The van der Waals surface area contributed by atoms with Gasteiger partial charge in [-0.15, -0.1) is 0 Å². The summed E-state index contributed by atoms with van der Waals surface area (Å²) in [7, 11) is 2.20. The summed E-state index contributed by atoms with van der Waals surface area (Å²) in [6, 6.07) is 3.03. The van der Waals surface area contributed by atoms with Crippen molar-refractivity contribution in [2.45, 2.75) is 38.1 Å². The minimum atomic E-state index is 0.698. The lowest BCUT2D eigenvalue weighted by atomic mass is 10.2. The van der Waals surface area contributed by atoms with E-state index in [0.29, 0.717) is 6.42 Å². The maximum atomic E-state index is 8.33. The highest BCUT2D eigenvalue weighted by molar-refractivity contribution is 4.82. The number of unbranched alkanes of at least 4 members (excludes halogenated alkanes) is 2. The van der Waals surface area contributed by atoms with E-state index in [1.165, 1.54) is 12.8 Å². The zero-order chi connectivity index (χ0) is 10.2. The molecule has 1 rings (SSSR count). The normalized spacial score (nSPS) is 15.8. The first-order valence-corrected chi connectivity index (χ1v) is 5.62. The summed E-state index contributed by atoms with van der Waals surface area (Å²) in [6.45, 7) is 3.29. The Hall–Kier alpha value is -0.590. The average Bonchev–Trinajstić information content (AvgIpc) is 2.99. The van der Waals surface area contributed by atoms with Crippen LogP contribution >= 0.6 is 0 Å². The zero-order valence-electron chi connectivity index (χ0n) is 9.13. The maximum Gasteiger partial charge on any atom is 0.0621 e. The number of nitriles is 1. The van der Waals surface area contributed by atoms with E-state index in [1.807, 2.05) is 0 Å². The molecule has 0 spiro atoms. The molecule has 0 atom stereocenters. The number of rotatable bonds is 8. The van der Waals surface area contributed by atoms with E-state index >= 15 is 0 Å². The van der Waals surface area contributed by atoms with Crippen molar-refractivity contribution in [1.82, 2.24) is 10.2 Å². The first-order valence-electron chi connectivity index (χ1n) is 5.62. The van der Waals surface area contributed by atoms with E-state index in [1.54, 1.807) is 0 Å². The summed E-state index contributed by atoms with van der Waals surface area (Å²) in [5.41, 5.74) is 0. The third-order valence-corrected chi connectivity index (χ3v) is 2.70. The monoisotopic (exact) mass is 195 g/mol. The largest absolute Gasteiger partial charge is 0.315 e. The molecular formula is C11H21N3. The Morgan fingerprint density at radius 2 is 2.14 bits per heavy atom. The lowest BCUT2D eigenvalue weighted by molar-refractivity contribution is 0.321. The van der Waals surface area contributed by atoms with Crippen molar-refractivity contribution in [2.75, 3.05) is 26.7 Å². The Labute approximate surface area is 87.1 Å². The Bertz CT molecular complexity index is 181. The van der Waals surface area contributed by atoms with Crippen LogP contribution in [0, 0.1) is 11.3 Å². The van der Waals surface area contributed by atoms with Gasteiger partial charge in [-0.2, -0.15) is 5.26 Å². The van der Waals surface area contributed by atoms with Crippen LogP contribution in [0.5, 0.6) is 0 Å². The van der Waals surface area contributed by atoms with Gasteiger partial charge in [0.15, 0.2) is 0 Å². The molecule has 0 aromatic rings. The topological polar surface area (TPSA) is 39.1 Å². The highest BCUT2D eigenvalue weighted by Crippen LogP contribution is 2.24. The molecule has 14 heavy (non-hydrogen) atoms. The molecule has 0 aromatic heterocycles. The summed E-state index contributed by atoms with van der Waals surface area (Å²) >= 11 is 0. The van der Waals surface area contributed by atoms with Crippen molar-refractivity contribution in [1.29, 1.82) is 5.26 Å². The number of hydrogen-bond donors (Lipinski definition) is 1. The number of nitrogens with one attached hydrogen (secondary N) is 1. The molecule has 1 saturated carbocycles. The molecule has 1 aliphatic rings. The van der Waals surface area contributed by atoms with E-state index in [4.69, 9.17) is 5.26 Å². The van der Waals surface area contributed by atoms with Crippen LogP contribution in [0.3, 0.4) is 0 Å². The second kappa shape index (κ2) is 6.80. The molecule has 3 heteroatoms. The second-order valence-electron chi connectivity index (χ2n) is 4.08. The van der Waals surface area contributed by atoms with Gasteiger partial charge in [-0.25, -0.2) is 0 Å². The van der Waals surface area contributed by atoms with Crippen LogP contribution in [0.2, 0.25) is 0 Å². The van der Waals surface area contributed by atoms with Gasteiger partial charge in [-0.1, -0.05) is 0 Å². The number of nitrogens with zero attached hydrogens (tertiary/aromatic N) is 2. The van der Waals surface area contributed by atoms with E-state index < -0.39 is 0 Å². The van der Waals surface area contributed by atoms with Gasteiger partial charge in [-0.05, 0) is 39.3 Å². The minimum Gasteiger partial charge on any atom is -0.315 e. The van der Waals surface area contributed by atoms with Gasteiger partial charge in [0.05, 0.1) is 6.07 Å². The molecule has 1 N–H and O–H groups in total. The molecule has 1 aliphatic carbocycles. The van der Waals surface area contributed by atoms with Gasteiger partial charge in [0.2, 0.25) is 0 Å². The third kappa shape index (κ3) is 5.21. The average molecular weight is 195 g/mol. The maximum absolute atomic E-state index is 8.33. The standard InChI is InChI=1S/C11H21N3/c1-14(11-5-6-11)10-9-13-8-4-2-3-7-12/h11,13H,2-6,8-10H2,1H3. The molecule has 0 amide bonds. The van der Waals surface area contributed by atoms with Crippen molar-refractivity contribution >= 4 is 0 Å². The van der Waals surface area contributed by atoms with E-state index in [0.717, 1.165) is 38.5 Å². The van der Waals surface area contributed by atoms with Crippen molar-refractivity contribution in [3.63, 3.8) is 0 Å². The zero-order valence-corrected chi connectivity index (χ0v) is 9.13. The molecule has 3 nitrogen and oxygen atoms in total. The molecule has 0 aromatic carbocycles. The highest BCUT2D eigenvalue weighted by atomic mass is 15.2. The Morgan fingerprint density at radius 1 is 1.36 bits per heavy atom. The first-order chi connectivity index (χ1) is 6.84. The second-order valence-corrected chi connectivity index (χ2v) is 4.08. The lowest BCUT2D eigenvalue weighted by Gasteiger charge is -2.15. The Balaban J connectivity index is 1.77. The van der Waals surface area contributed by atoms with E-state index in [-0.39, 0.29) is 0 Å². The summed E-state index contributed by atoms with van der Waals surface area (Å²) in [5, 5.41) is 11.7. The van der Waals surface area contributed by atoms with E-state index in [9.17, 15) is 0 Å². The van der Waals surface area contributed by atoms with Gasteiger partial charge < -0.3 is 10.2 Å². The van der Waals surface area contributed by atoms with Crippen molar-refractivity contribution < 1.29 is 0 Å². The SMILES string of the molecule is CN(CCNCCCCC#N)C1CC1. The van der Waals surface area contributed by atoms with Crippen LogP contribution < -0.4 is 5.32 Å². The summed E-state index contributed by atoms with van der Waals surface area (Å²) < 4.78 is 0. The fourth-order valence-electron chi connectivity index (χ4n) is 1.53. The van der Waals surface area contributed by atoms with Gasteiger partial charge in [0.1, 0.15) is 0 Å². The smallest absolute Gasteiger partial charge is 0.0621 e. The van der Waals surface area contributed by atoms with Crippen molar-refractivity contribution in [2.24, 2.45) is 0 Å². The first kappa shape index (κ1) is 11.5. The molecule has 0 unspecified atom stereocenters. The lowest BCUT2D eigenvalue weighted by Crippen LogP contribution is -2.31. The molecule has 0 aliphatic heterocycles. The molecular weight excluding hydrogens is 174 g/mol. The fraction of sp³-hybridized carbons (Fsp3) is 0.909. The highest BCUT2D eigenvalue weighted by Gasteiger charge is 2.25. The number of likely N-dealkylation sites (N-methyl/N-ethyl adjacent to an activating group) is 1. The van der Waals surface area contributed by atoms with Crippen LogP contribution in [0.4, 0.5) is 0 Å². The van der Waals surface area contributed by atoms with E-state index in [2.05, 4.69) is 23.3 Å². The van der Waals surface area contributed by atoms with Crippen LogP contribution in [0.25, 0.3) is 0 Å². The molecule has 0 radical (unpaired) electrons. The molecule has 1 fully saturated rings. The number of hydrogen-bond acceptors (Lipinski definition) is 3. The summed E-state index contributed by atoms with van der Waals surface area (Å²) in [4.78, 5) is 2.43. The Morgan fingerprint density at radius 3 is 2.79 bits per heavy atom. The van der Waals surface area contributed by atoms with Crippen LogP contribution in [-0.2, 0) is 0 Å². The van der Waals surface area contributed by atoms with Gasteiger partial charge in [-0.3, -0.25) is 0 Å². The van der Waals surface area contributed by atoms with Crippen molar-refractivity contribution in [3.05, 3.63) is 0 Å². The van der Waals surface area contributed by atoms with Crippen LogP contribution in [0.1, 0.15) is 32.1 Å². The van der Waals surface area contributed by atoms with Crippen LogP contribution in [-0.4, -0.2) is 37.6 Å². The molecule has 0 saturated heterocycles. The predicted molar refractivity (Wildman–Crippen MR) is 58.0 cm³/mol. The predicted octanol–water partition coefficient (Wildman–Crippen LogP) is 1.36. The van der Waals surface area contributed by atoms with Gasteiger partial charge in [0, 0.05) is 25.6 Å². The van der Waals surface area contributed by atoms with Gasteiger partial charge >= 0.3 is 0 Å². The van der Waals surface area contributed by atoms with Crippen LogP contribution in [0.15, 0.2) is 0 Å². The van der Waals surface area contributed by atoms with Gasteiger partial charge in [0.25, 0.3) is 0 Å². The third-order valence-electron chi connectivity index (χ3n) is 2.70. The Kier molecular flexibility index (Phi) is 5.58. The van der Waals surface area contributed by atoms with Crippen molar-refractivity contribution in [3.8, 4) is 6.07 Å². The molecule has 80 valence electrons. The molecule has 0 bridgehead atoms. The quantitative estimate of drug-likeness (QED) is 0.594. The minimum absolute atomic E-state index is 0.698. The molecule has 0 heterocycles.